The number of nitrogens with zero attached hydrogens (tertiary/aromatic N) is 2. The molecule has 0 heterocycles. The lowest BCUT2D eigenvalue weighted by molar-refractivity contribution is 0.944. The van der Waals surface area contributed by atoms with Gasteiger partial charge >= 0.3 is 0 Å². The molecule has 2 aromatic rings. The molecule has 3 heteroatoms. The molecule has 0 aliphatic heterocycles. The molecule has 0 unspecified atom stereocenters. The predicted octanol–water partition coefficient (Wildman–Crippen LogP) is 5.21. The summed E-state index contributed by atoms with van der Waals surface area (Å²) in [5, 5.41) is 8.92. The minimum absolute atomic E-state index is 0.537. The zero-order valence-corrected chi connectivity index (χ0v) is 15.8. The Morgan fingerprint density at radius 3 is 1.25 bits per heavy atom. The van der Waals surface area contributed by atoms with Gasteiger partial charge in [-0.05, 0) is 63.8 Å². The van der Waals surface area contributed by atoms with E-state index in [1.165, 1.54) is 22.3 Å². The zero-order valence-electron chi connectivity index (χ0n) is 15.8. The molecule has 0 saturated carbocycles. The van der Waals surface area contributed by atoms with Crippen LogP contribution in [0.1, 0.15) is 36.1 Å². The van der Waals surface area contributed by atoms with Gasteiger partial charge in [0.2, 0.25) is 5.96 Å². The van der Waals surface area contributed by atoms with Crippen LogP contribution in [0.2, 0.25) is 0 Å². The summed E-state index contributed by atoms with van der Waals surface area (Å²) in [6, 6.07) is 12.6. The number of nitrogens with one attached hydrogen (secondary N) is 1. The van der Waals surface area contributed by atoms with Gasteiger partial charge in [-0.1, -0.05) is 36.4 Å². The Kier molecular flexibility index (Phi) is 5.66. The van der Waals surface area contributed by atoms with Gasteiger partial charge in [-0.15, -0.1) is 0 Å². The summed E-state index contributed by atoms with van der Waals surface area (Å²) in [4.78, 5) is 4.22. The Balaban J connectivity index is 2.50. The lowest BCUT2D eigenvalue weighted by Crippen LogP contribution is -2.45. The fourth-order valence-corrected chi connectivity index (χ4v) is 3.44. The first-order chi connectivity index (χ1) is 11.4. The fraction of sp³-hybridized carbons (Fsp3) is 0.381. The second kappa shape index (κ2) is 7.52. The molecule has 3 nitrogen and oxygen atoms in total. The van der Waals surface area contributed by atoms with Crippen LogP contribution in [-0.4, -0.2) is 19.0 Å². The zero-order chi connectivity index (χ0) is 17.9. The lowest BCUT2D eigenvalue weighted by atomic mass is 10.1. The van der Waals surface area contributed by atoms with Crippen molar-refractivity contribution in [3.05, 3.63) is 58.7 Å². The SMILES string of the molecule is CCN(C(=N)N(CC)c1c(C)cccc1C)c1c(C)cccc1C. The highest BCUT2D eigenvalue weighted by atomic mass is 15.4. The van der Waals surface area contributed by atoms with E-state index in [0.29, 0.717) is 5.96 Å². The first kappa shape index (κ1) is 18.1. The first-order valence-electron chi connectivity index (χ1n) is 8.68. The summed E-state index contributed by atoms with van der Waals surface area (Å²) in [5.41, 5.74) is 7.13. The van der Waals surface area contributed by atoms with Crippen LogP contribution < -0.4 is 9.80 Å². The second-order valence-electron chi connectivity index (χ2n) is 6.29. The van der Waals surface area contributed by atoms with Gasteiger partial charge in [0, 0.05) is 24.5 Å². The maximum atomic E-state index is 8.92. The molecule has 24 heavy (non-hydrogen) atoms. The molecule has 2 aromatic carbocycles. The number of aryl methyl sites for hydroxylation is 4. The minimum atomic E-state index is 0.537. The van der Waals surface area contributed by atoms with Crippen molar-refractivity contribution in [3.8, 4) is 0 Å². The molecule has 128 valence electrons. The quantitative estimate of drug-likeness (QED) is 0.618. The van der Waals surface area contributed by atoms with Crippen LogP contribution in [0.5, 0.6) is 0 Å². The van der Waals surface area contributed by atoms with Gasteiger partial charge in [-0.3, -0.25) is 5.41 Å². The molecule has 0 saturated heterocycles. The monoisotopic (exact) mass is 323 g/mol. The van der Waals surface area contributed by atoms with Crippen molar-refractivity contribution >= 4 is 17.3 Å². The molecule has 0 amide bonds. The Morgan fingerprint density at radius 1 is 0.708 bits per heavy atom. The van der Waals surface area contributed by atoms with Crippen LogP contribution in [-0.2, 0) is 0 Å². The van der Waals surface area contributed by atoms with Crippen molar-refractivity contribution in [3.63, 3.8) is 0 Å². The number of benzene rings is 2. The van der Waals surface area contributed by atoms with E-state index >= 15 is 0 Å². The predicted molar refractivity (Wildman–Crippen MR) is 106 cm³/mol. The summed E-state index contributed by atoms with van der Waals surface area (Å²) in [6.07, 6.45) is 0. The summed E-state index contributed by atoms with van der Waals surface area (Å²) < 4.78 is 0. The Morgan fingerprint density at radius 2 is 1.00 bits per heavy atom. The van der Waals surface area contributed by atoms with Crippen molar-refractivity contribution in [2.75, 3.05) is 22.9 Å². The van der Waals surface area contributed by atoms with Gasteiger partial charge in [-0.25, -0.2) is 0 Å². The minimum Gasteiger partial charge on any atom is -0.312 e. The van der Waals surface area contributed by atoms with E-state index in [0.717, 1.165) is 24.5 Å². The van der Waals surface area contributed by atoms with Gasteiger partial charge < -0.3 is 9.80 Å². The van der Waals surface area contributed by atoms with Crippen LogP contribution >= 0.6 is 0 Å². The largest absolute Gasteiger partial charge is 0.312 e. The van der Waals surface area contributed by atoms with Crippen molar-refractivity contribution in [1.29, 1.82) is 5.41 Å². The van der Waals surface area contributed by atoms with E-state index in [9.17, 15) is 0 Å². The summed E-state index contributed by atoms with van der Waals surface area (Å²) in [6.45, 7) is 14.2. The van der Waals surface area contributed by atoms with Gasteiger partial charge in [0.25, 0.3) is 0 Å². The molecular weight excluding hydrogens is 294 g/mol. The summed E-state index contributed by atoms with van der Waals surface area (Å²) in [7, 11) is 0. The first-order valence-corrected chi connectivity index (χ1v) is 8.68. The average Bonchev–Trinajstić information content (AvgIpc) is 2.54. The Labute approximate surface area is 146 Å². The molecule has 0 radical (unpaired) electrons. The summed E-state index contributed by atoms with van der Waals surface area (Å²) >= 11 is 0. The highest BCUT2D eigenvalue weighted by Gasteiger charge is 2.22. The van der Waals surface area contributed by atoms with E-state index in [1.807, 2.05) is 0 Å². The van der Waals surface area contributed by atoms with Crippen molar-refractivity contribution < 1.29 is 0 Å². The Bertz CT molecular complexity index is 632. The molecular formula is C21H29N3. The standard InChI is InChI=1S/C21H29N3/c1-7-23(19-15(3)11-9-12-16(19)4)21(22)24(8-2)20-17(5)13-10-14-18(20)6/h9-14,22H,7-8H2,1-6H3. The van der Waals surface area contributed by atoms with Crippen molar-refractivity contribution in [2.24, 2.45) is 0 Å². The molecule has 1 N–H and O–H groups in total. The number of hydrogen-bond acceptors (Lipinski definition) is 1. The third kappa shape index (κ3) is 3.30. The van der Waals surface area contributed by atoms with Crippen LogP contribution in [0.25, 0.3) is 0 Å². The molecule has 2 rings (SSSR count). The van der Waals surface area contributed by atoms with Crippen LogP contribution in [0.3, 0.4) is 0 Å². The highest BCUT2D eigenvalue weighted by molar-refractivity contribution is 6.06. The molecule has 0 spiro atoms. The maximum Gasteiger partial charge on any atom is 0.202 e. The Hall–Kier alpha value is -2.29. The number of anilines is 2. The molecule has 0 atom stereocenters. The van der Waals surface area contributed by atoms with Crippen LogP contribution in [0, 0.1) is 33.1 Å². The smallest absolute Gasteiger partial charge is 0.202 e. The fourth-order valence-electron chi connectivity index (χ4n) is 3.44. The number of hydrogen-bond donors (Lipinski definition) is 1. The third-order valence-corrected chi connectivity index (χ3v) is 4.56. The number of rotatable bonds is 4. The van der Waals surface area contributed by atoms with Crippen molar-refractivity contribution in [2.45, 2.75) is 41.5 Å². The van der Waals surface area contributed by atoms with E-state index in [1.54, 1.807) is 0 Å². The third-order valence-electron chi connectivity index (χ3n) is 4.56. The molecule has 0 bridgehead atoms. The molecule has 0 aliphatic carbocycles. The topological polar surface area (TPSA) is 30.3 Å². The van der Waals surface area contributed by atoms with E-state index < -0.39 is 0 Å². The van der Waals surface area contributed by atoms with E-state index in [2.05, 4.69) is 87.7 Å². The summed E-state index contributed by atoms with van der Waals surface area (Å²) in [5.74, 6) is 0.537. The van der Waals surface area contributed by atoms with Crippen molar-refractivity contribution in [1.82, 2.24) is 0 Å². The van der Waals surface area contributed by atoms with Gasteiger partial charge in [0.15, 0.2) is 0 Å². The highest BCUT2D eigenvalue weighted by Crippen LogP contribution is 2.29. The number of para-hydroxylation sites is 2. The molecule has 0 fully saturated rings. The van der Waals surface area contributed by atoms with Gasteiger partial charge in [0.1, 0.15) is 0 Å². The number of guanidine groups is 1. The average molecular weight is 323 g/mol. The van der Waals surface area contributed by atoms with Crippen LogP contribution in [0.15, 0.2) is 36.4 Å². The molecule has 0 aliphatic rings. The van der Waals surface area contributed by atoms with E-state index in [-0.39, 0.29) is 0 Å². The molecule has 0 aromatic heterocycles. The van der Waals surface area contributed by atoms with Gasteiger partial charge in [0.05, 0.1) is 0 Å². The van der Waals surface area contributed by atoms with Gasteiger partial charge in [-0.2, -0.15) is 0 Å². The maximum absolute atomic E-state index is 8.92. The van der Waals surface area contributed by atoms with Crippen LogP contribution in [0.4, 0.5) is 11.4 Å². The lowest BCUT2D eigenvalue weighted by Gasteiger charge is -2.35. The van der Waals surface area contributed by atoms with E-state index in [4.69, 9.17) is 5.41 Å². The second-order valence-corrected chi connectivity index (χ2v) is 6.29. The normalized spacial score (nSPS) is 10.6.